The van der Waals surface area contributed by atoms with Crippen molar-refractivity contribution in [3.05, 3.63) is 47.0 Å². The molecule has 3 N–H and O–H groups in total. The Morgan fingerprint density at radius 2 is 2.12 bits per heavy atom. The minimum absolute atomic E-state index is 0.215. The molecule has 3 rings (SSSR count). The van der Waals surface area contributed by atoms with E-state index in [4.69, 9.17) is 17.3 Å². The summed E-state index contributed by atoms with van der Waals surface area (Å²) in [5, 5.41) is 4.19. The summed E-state index contributed by atoms with van der Waals surface area (Å²) in [6.07, 6.45) is 9.81. The first kappa shape index (κ1) is 17.8. The highest BCUT2D eigenvalue weighted by Crippen LogP contribution is 2.17. The Morgan fingerprint density at radius 3 is 2.84 bits per heavy atom. The lowest BCUT2D eigenvalue weighted by molar-refractivity contribution is 0.373. The summed E-state index contributed by atoms with van der Waals surface area (Å²) >= 11 is 6.04. The third kappa shape index (κ3) is 5.00. The van der Waals surface area contributed by atoms with Crippen molar-refractivity contribution in [2.45, 2.75) is 43.9 Å². The molecule has 0 radical (unpaired) electrons. The van der Waals surface area contributed by atoms with Gasteiger partial charge in [0.1, 0.15) is 5.84 Å². The van der Waals surface area contributed by atoms with Crippen molar-refractivity contribution in [2.75, 3.05) is 7.05 Å². The number of hydrogen-bond acceptors (Lipinski definition) is 4. The van der Waals surface area contributed by atoms with Gasteiger partial charge in [-0.25, -0.2) is 0 Å². The highest BCUT2D eigenvalue weighted by Gasteiger charge is 2.18. The van der Waals surface area contributed by atoms with Crippen LogP contribution in [0.5, 0.6) is 0 Å². The SMILES string of the molecule is C/N=C(\C=C/C1N=CC(c2cccc(Cl)c2)=N1)N[C@H]1CC[C@H](N)CC1. The van der Waals surface area contributed by atoms with E-state index in [9.17, 15) is 0 Å². The van der Waals surface area contributed by atoms with Crippen LogP contribution < -0.4 is 11.1 Å². The van der Waals surface area contributed by atoms with Gasteiger partial charge in [0.15, 0.2) is 6.17 Å². The molecule has 5 nitrogen and oxygen atoms in total. The van der Waals surface area contributed by atoms with E-state index in [1.807, 2.05) is 36.4 Å². The molecule has 0 bridgehead atoms. The lowest BCUT2D eigenvalue weighted by Gasteiger charge is -2.27. The van der Waals surface area contributed by atoms with Crippen molar-refractivity contribution >= 4 is 29.4 Å². The third-order valence-corrected chi connectivity index (χ3v) is 4.77. The van der Waals surface area contributed by atoms with E-state index >= 15 is 0 Å². The molecule has 1 atom stereocenters. The first-order valence-electron chi connectivity index (χ1n) is 8.68. The van der Waals surface area contributed by atoms with Crippen molar-refractivity contribution in [1.29, 1.82) is 0 Å². The van der Waals surface area contributed by atoms with Gasteiger partial charge in [0.2, 0.25) is 0 Å². The van der Waals surface area contributed by atoms with Crippen molar-refractivity contribution in [1.82, 2.24) is 5.32 Å². The minimum atomic E-state index is -0.215. The standard InChI is InChI=1S/C19H24ClN5/c1-22-18(24-16-7-5-15(21)6-8-16)9-10-19-23-12-17(25-19)13-3-2-4-14(20)11-13/h2-4,9-12,15-16,19H,5-8,21H2,1H3,(H,22,24)/b10-9-/t15-,16-,19?. The Morgan fingerprint density at radius 1 is 1.32 bits per heavy atom. The molecule has 1 aromatic carbocycles. The molecule has 1 aliphatic carbocycles. The summed E-state index contributed by atoms with van der Waals surface area (Å²) in [7, 11) is 1.79. The maximum absolute atomic E-state index is 6.04. The number of benzene rings is 1. The van der Waals surface area contributed by atoms with Crippen LogP contribution in [0, 0.1) is 0 Å². The normalized spacial score (nSPS) is 26.9. The van der Waals surface area contributed by atoms with Gasteiger partial charge in [0.25, 0.3) is 0 Å². The Balaban J connectivity index is 1.59. The zero-order chi connectivity index (χ0) is 17.6. The first-order valence-corrected chi connectivity index (χ1v) is 9.06. The van der Waals surface area contributed by atoms with Crippen LogP contribution >= 0.6 is 11.6 Å². The molecule has 1 aliphatic heterocycles. The fourth-order valence-corrected chi connectivity index (χ4v) is 3.27. The van der Waals surface area contributed by atoms with Gasteiger partial charge >= 0.3 is 0 Å². The second-order valence-electron chi connectivity index (χ2n) is 6.44. The van der Waals surface area contributed by atoms with Crippen LogP contribution in [-0.2, 0) is 0 Å². The van der Waals surface area contributed by atoms with E-state index in [-0.39, 0.29) is 6.17 Å². The number of nitrogens with two attached hydrogens (primary N) is 1. The molecule has 1 aromatic rings. The summed E-state index contributed by atoms with van der Waals surface area (Å²) in [5.74, 6) is 0.863. The quantitative estimate of drug-likeness (QED) is 0.642. The van der Waals surface area contributed by atoms with Crippen molar-refractivity contribution in [3.8, 4) is 0 Å². The lowest BCUT2D eigenvalue weighted by atomic mass is 9.92. The Hall–Kier alpha value is -1.98. The fourth-order valence-electron chi connectivity index (χ4n) is 3.08. The number of rotatable bonds is 4. The molecule has 6 heteroatoms. The average Bonchev–Trinajstić information content (AvgIpc) is 3.09. The molecule has 2 aliphatic rings. The van der Waals surface area contributed by atoms with Gasteiger partial charge in [-0.15, -0.1) is 0 Å². The van der Waals surface area contributed by atoms with E-state index in [2.05, 4.69) is 20.3 Å². The maximum atomic E-state index is 6.04. The maximum Gasteiger partial charge on any atom is 0.159 e. The Kier molecular flexibility index (Phi) is 6.00. The zero-order valence-electron chi connectivity index (χ0n) is 14.4. The van der Waals surface area contributed by atoms with Gasteiger partial charge in [-0.05, 0) is 50.0 Å². The molecule has 132 valence electrons. The lowest BCUT2D eigenvalue weighted by Crippen LogP contribution is -2.39. The summed E-state index contributed by atoms with van der Waals surface area (Å²) < 4.78 is 0. The number of nitrogens with one attached hydrogen (secondary N) is 1. The Bertz CT molecular complexity index is 714. The summed E-state index contributed by atoms with van der Waals surface area (Å²) in [6.45, 7) is 0. The molecule has 1 fully saturated rings. The van der Waals surface area contributed by atoms with Crippen LogP contribution in [0.2, 0.25) is 5.02 Å². The molecular weight excluding hydrogens is 334 g/mol. The molecule has 0 saturated heterocycles. The van der Waals surface area contributed by atoms with Crippen molar-refractivity contribution < 1.29 is 0 Å². The van der Waals surface area contributed by atoms with Gasteiger partial charge in [0.05, 0.1) is 11.9 Å². The van der Waals surface area contributed by atoms with E-state index in [0.29, 0.717) is 17.1 Å². The summed E-state index contributed by atoms with van der Waals surface area (Å²) in [6, 6.07) is 8.44. The average molecular weight is 358 g/mol. The van der Waals surface area contributed by atoms with Crippen molar-refractivity contribution in [2.24, 2.45) is 20.7 Å². The van der Waals surface area contributed by atoms with Gasteiger partial charge in [-0.2, -0.15) is 0 Å². The predicted molar refractivity (Wildman–Crippen MR) is 106 cm³/mol. The summed E-state index contributed by atoms with van der Waals surface area (Å²) in [5.41, 5.74) is 7.79. The fraction of sp³-hybridized carbons (Fsp3) is 0.421. The number of amidine groups is 1. The number of aliphatic imine (C=N–C) groups is 3. The molecule has 1 saturated carbocycles. The molecule has 0 amide bonds. The monoisotopic (exact) mass is 357 g/mol. The molecule has 1 unspecified atom stereocenters. The van der Waals surface area contributed by atoms with E-state index < -0.39 is 0 Å². The smallest absolute Gasteiger partial charge is 0.159 e. The van der Waals surface area contributed by atoms with E-state index in [1.54, 1.807) is 13.3 Å². The topological polar surface area (TPSA) is 75.1 Å². The molecule has 0 spiro atoms. The van der Waals surface area contributed by atoms with Crippen LogP contribution in [0.3, 0.4) is 0 Å². The van der Waals surface area contributed by atoms with Gasteiger partial charge in [0, 0.05) is 29.7 Å². The van der Waals surface area contributed by atoms with Crippen LogP contribution in [0.1, 0.15) is 31.2 Å². The van der Waals surface area contributed by atoms with E-state index in [1.165, 1.54) is 0 Å². The summed E-state index contributed by atoms with van der Waals surface area (Å²) in [4.78, 5) is 13.4. The third-order valence-electron chi connectivity index (χ3n) is 4.53. The number of halogens is 1. The van der Waals surface area contributed by atoms with Crippen LogP contribution in [-0.4, -0.2) is 43.1 Å². The van der Waals surface area contributed by atoms with Crippen LogP contribution in [0.4, 0.5) is 0 Å². The minimum Gasteiger partial charge on any atom is -0.368 e. The highest BCUT2D eigenvalue weighted by atomic mass is 35.5. The zero-order valence-corrected chi connectivity index (χ0v) is 15.2. The number of hydrogen-bond donors (Lipinski definition) is 2. The first-order chi connectivity index (χ1) is 12.1. The highest BCUT2D eigenvalue weighted by molar-refractivity contribution is 6.40. The van der Waals surface area contributed by atoms with E-state index in [0.717, 1.165) is 42.8 Å². The van der Waals surface area contributed by atoms with Crippen molar-refractivity contribution in [3.63, 3.8) is 0 Å². The second kappa shape index (κ2) is 8.41. The largest absolute Gasteiger partial charge is 0.368 e. The van der Waals surface area contributed by atoms with Gasteiger partial charge in [-0.1, -0.05) is 23.7 Å². The predicted octanol–water partition coefficient (Wildman–Crippen LogP) is 2.98. The van der Waals surface area contributed by atoms with Gasteiger partial charge in [-0.3, -0.25) is 15.0 Å². The molecule has 25 heavy (non-hydrogen) atoms. The number of nitrogens with zero attached hydrogens (tertiary/aromatic N) is 3. The van der Waals surface area contributed by atoms with Crippen LogP contribution in [0.25, 0.3) is 0 Å². The second-order valence-corrected chi connectivity index (χ2v) is 6.88. The van der Waals surface area contributed by atoms with Gasteiger partial charge < -0.3 is 11.1 Å². The molecular formula is C19H24ClN5. The molecule has 1 heterocycles. The van der Waals surface area contributed by atoms with Crippen LogP contribution in [0.15, 0.2) is 51.4 Å². The Labute approximate surface area is 153 Å². The molecule has 0 aromatic heterocycles.